The molecule has 0 aliphatic rings. The number of furan rings is 1. The van der Waals surface area contributed by atoms with Crippen molar-refractivity contribution < 1.29 is 18.7 Å². The average Bonchev–Trinajstić information content (AvgIpc) is 3.07. The highest BCUT2D eigenvalue weighted by atomic mass is 16.5. The topological polar surface area (TPSA) is 68.5 Å². The molecule has 1 rings (SSSR count). The van der Waals surface area contributed by atoms with Gasteiger partial charge in [-0.05, 0) is 25.5 Å². The zero-order valence-electron chi connectivity index (χ0n) is 14.3. The number of hydrogen-bond donors (Lipinski definition) is 1. The van der Waals surface area contributed by atoms with Crippen molar-refractivity contribution >= 4 is 11.9 Å². The van der Waals surface area contributed by atoms with Crippen LogP contribution in [0.1, 0.15) is 75.8 Å². The quantitative estimate of drug-likeness (QED) is 0.465. The summed E-state index contributed by atoms with van der Waals surface area (Å²) in [5.74, 6) is -0.632. The third-order valence-electron chi connectivity index (χ3n) is 3.69. The first-order valence-corrected chi connectivity index (χ1v) is 8.66. The molecule has 0 aliphatic heterocycles. The van der Waals surface area contributed by atoms with Crippen LogP contribution in [0.5, 0.6) is 0 Å². The number of unbranched alkanes of at least 4 members (excludes halogenated alkanes) is 7. The van der Waals surface area contributed by atoms with Crippen LogP contribution in [0, 0.1) is 0 Å². The Morgan fingerprint density at radius 1 is 1.13 bits per heavy atom. The maximum absolute atomic E-state index is 11.8. The zero-order chi connectivity index (χ0) is 16.9. The van der Waals surface area contributed by atoms with E-state index in [0.717, 1.165) is 12.8 Å². The van der Waals surface area contributed by atoms with Gasteiger partial charge in [0.2, 0.25) is 0 Å². The van der Waals surface area contributed by atoms with Crippen LogP contribution in [0.25, 0.3) is 0 Å². The smallest absolute Gasteiger partial charge is 0.328 e. The molecule has 0 spiro atoms. The molecule has 1 aromatic heterocycles. The summed E-state index contributed by atoms with van der Waals surface area (Å²) in [6.07, 6.45) is 11.0. The van der Waals surface area contributed by atoms with E-state index in [1.807, 2.05) is 0 Å². The molecule has 0 fully saturated rings. The van der Waals surface area contributed by atoms with Crippen molar-refractivity contribution in [2.45, 2.75) is 71.3 Å². The van der Waals surface area contributed by atoms with E-state index in [2.05, 4.69) is 12.2 Å². The van der Waals surface area contributed by atoms with Gasteiger partial charge < -0.3 is 14.5 Å². The highest BCUT2D eigenvalue weighted by Crippen LogP contribution is 2.08. The van der Waals surface area contributed by atoms with Crippen molar-refractivity contribution in [1.82, 2.24) is 5.32 Å². The monoisotopic (exact) mass is 323 g/mol. The molecule has 130 valence electrons. The van der Waals surface area contributed by atoms with E-state index >= 15 is 0 Å². The van der Waals surface area contributed by atoms with Crippen LogP contribution in [-0.2, 0) is 9.53 Å². The van der Waals surface area contributed by atoms with Gasteiger partial charge in [-0.15, -0.1) is 0 Å². The molecule has 1 atom stereocenters. The van der Waals surface area contributed by atoms with Crippen LogP contribution in [0.3, 0.4) is 0 Å². The maximum atomic E-state index is 11.8. The van der Waals surface area contributed by atoms with Crippen LogP contribution < -0.4 is 5.32 Å². The molecule has 5 nitrogen and oxygen atoms in total. The van der Waals surface area contributed by atoms with Gasteiger partial charge in [0.15, 0.2) is 5.76 Å². The van der Waals surface area contributed by atoms with Crippen LogP contribution in [0.4, 0.5) is 0 Å². The lowest BCUT2D eigenvalue weighted by Crippen LogP contribution is -2.39. The molecular formula is C18H29NO4. The zero-order valence-corrected chi connectivity index (χ0v) is 14.3. The number of esters is 1. The second-order valence-electron chi connectivity index (χ2n) is 5.81. The Morgan fingerprint density at radius 3 is 2.39 bits per heavy atom. The summed E-state index contributed by atoms with van der Waals surface area (Å²) < 4.78 is 10.2. The lowest BCUT2D eigenvalue weighted by atomic mass is 10.1. The summed E-state index contributed by atoms with van der Waals surface area (Å²) in [4.78, 5) is 23.5. The van der Waals surface area contributed by atoms with Gasteiger partial charge in [-0.3, -0.25) is 4.79 Å². The second kappa shape index (κ2) is 11.7. The highest BCUT2D eigenvalue weighted by molar-refractivity contribution is 5.94. The fraction of sp³-hybridized carbons (Fsp3) is 0.667. The molecule has 1 aromatic rings. The number of amides is 1. The average molecular weight is 323 g/mol. The number of hydrogen-bond acceptors (Lipinski definition) is 4. The summed E-state index contributed by atoms with van der Waals surface area (Å²) in [5, 5.41) is 2.56. The SMILES string of the molecule is CCCCCCCCCCOC(=O)C(C)NC(=O)c1ccco1. The molecular weight excluding hydrogens is 294 g/mol. The van der Waals surface area contributed by atoms with Crippen LogP contribution >= 0.6 is 0 Å². The normalized spacial score (nSPS) is 11.9. The van der Waals surface area contributed by atoms with E-state index in [1.165, 1.54) is 44.8 Å². The molecule has 0 radical (unpaired) electrons. The Labute approximate surface area is 138 Å². The Bertz CT molecular complexity index is 442. The van der Waals surface area contributed by atoms with Gasteiger partial charge >= 0.3 is 5.97 Å². The molecule has 5 heteroatoms. The van der Waals surface area contributed by atoms with E-state index in [4.69, 9.17) is 9.15 Å². The molecule has 1 unspecified atom stereocenters. The van der Waals surface area contributed by atoms with Crippen LogP contribution in [0.15, 0.2) is 22.8 Å². The predicted molar refractivity (Wildman–Crippen MR) is 89.2 cm³/mol. The van der Waals surface area contributed by atoms with Gasteiger partial charge in [0, 0.05) is 0 Å². The number of carbonyl (C=O) groups excluding carboxylic acids is 2. The van der Waals surface area contributed by atoms with Gasteiger partial charge in [-0.25, -0.2) is 4.79 Å². The van der Waals surface area contributed by atoms with Crippen LogP contribution in [0.2, 0.25) is 0 Å². The molecule has 23 heavy (non-hydrogen) atoms. The lowest BCUT2D eigenvalue weighted by Gasteiger charge is -2.12. The number of ether oxygens (including phenoxy) is 1. The minimum absolute atomic E-state index is 0.188. The fourth-order valence-corrected chi connectivity index (χ4v) is 2.27. The molecule has 0 bridgehead atoms. The summed E-state index contributed by atoms with van der Waals surface area (Å²) in [6, 6.07) is 2.50. The van der Waals surface area contributed by atoms with E-state index in [0.29, 0.717) is 6.61 Å². The predicted octanol–water partition coefficient (Wildman–Crippen LogP) is 4.08. The Balaban J connectivity index is 2.04. The minimum atomic E-state index is -0.679. The number of nitrogens with one attached hydrogen (secondary N) is 1. The minimum Gasteiger partial charge on any atom is -0.464 e. The van der Waals surface area contributed by atoms with Gasteiger partial charge in [-0.1, -0.05) is 51.9 Å². The van der Waals surface area contributed by atoms with E-state index in [9.17, 15) is 9.59 Å². The largest absolute Gasteiger partial charge is 0.464 e. The van der Waals surface area contributed by atoms with Crippen molar-refractivity contribution in [3.8, 4) is 0 Å². The fourth-order valence-electron chi connectivity index (χ4n) is 2.27. The van der Waals surface area contributed by atoms with Crippen molar-refractivity contribution in [3.05, 3.63) is 24.2 Å². The summed E-state index contributed by atoms with van der Waals surface area (Å²) in [6.45, 7) is 4.23. The third kappa shape index (κ3) is 8.43. The van der Waals surface area contributed by atoms with Crippen molar-refractivity contribution in [1.29, 1.82) is 0 Å². The van der Waals surface area contributed by atoms with E-state index in [1.54, 1.807) is 19.1 Å². The summed E-state index contributed by atoms with van der Waals surface area (Å²) in [7, 11) is 0. The van der Waals surface area contributed by atoms with Gasteiger partial charge in [0.05, 0.1) is 12.9 Å². The summed E-state index contributed by atoms with van der Waals surface area (Å²) in [5.41, 5.74) is 0. The molecule has 1 heterocycles. The molecule has 1 N–H and O–H groups in total. The molecule has 0 saturated carbocycles. The Kier molecular flexibility index (Phi) is 9.84. The maximum Gasteiger partial charge on any atom is 0.328 e. The van der Waals surface area contributed by atoms with Crippen molar-refractivity contribution in [2.75, 3.05) is 6.61 Å². The molecule has 0 aromatic carbocycles. The first kappa shape index (κ1) is 19.3. The molecule has 0 aliphatic carbocycles. The Morgan fingerprint density at radius 2 is 1.78 bits per heavy atom. The van der Waals surface area contributed by atoms with E-state index < -0.39 is 17.9 Å². The van der Waals surface area contributed by atoms with Crippen LogP contribution in [-0.4, -0.2) is 24.5 Å². The Hall–Kier alpha value is -1.78. The first-order chi connectivity index (χ1) is 11.1. The van der Waals surface area contributed by atoms with Gasteiger partial charge in [0.1, 0.15) is 6.04 Å². The molecule has 1 amide bonds. The standard InChI is InChI=1S/C18H29NO4/c1-3-4-5-6-7-8-9-10-13-23-18(21)15(2)19-17(20)16-12-11-14-22-16/h11-12,14-15H,3-10,13H2,1-2H3,(H,19,20). The van der Waals surface area contributed by atoms with Crippen molar-refractivity contribution in [3.63, 3.8) is 0 Å². The van der Waals surface area contributed by atoms with Gasteiger partial charge in [-0.2, -0.15) is 0 Å². The number of rotatable bonds is 12. The first-order valence-electron chi connectivity index (χ1n) is 8.66. The third-order valence-corrected chi connectivity index (χ3v) is 3.69. The van der Waals surface area contributed by atoms with Gasteiger partial charge in [0.25, 0.3) is 5.91 Å². The summed E-state index contributed by atoms with van der Waals surface area (Å²) >= 11 is 0. The highest BCUT2D eigenvalue weighted by Gasteiger charge is 2.18. The van der Waals surface area contributed by atoms with Crippen molar-refractivity contribution in [2.24, 2.45) is 0 Å². The van der Waals surface area contributed by atoms with E-state index in [-0.39, 0.29) is 5.76 Å². The lowest BCUT2D eigenvalue weighted by molar-refractivity contribution is -0.145. The molecule has 0 saturated heterocycles. The second-order valence-corrected chi connectivity index (χ2v) is 5.81. The number of carbonyl (C=O) groups is 2.